The molecule has 2 aromatic rings. The smallest absolute Gasteiger partial charge is 0.326 e. The largest absolute Gasteiger partial charge is 0.480 e. The lowest BCUT2D eigenvalue weighted by Gasteiger charge is -2.21. The summed E-state index contributed by atoms with van der Waals surface area (Å²) in [5.41, 5.74) is 3.76. The van der Waals surface area contributed by atoms with E-state index in [1.807, 2.05) is 26.0 Å². The summed E-state index contributed by atoms with van der Waals surface area (Å²) in [5, 5.41) is 10.2. The predicted octanol–water partition coefficient (Wildman–Crippen LogP) is 2.47. The number of aryl methyl sites for hydroxylation is 2. The van der Waals surface area contributed by atoms with Crippen molar-refractivity contribution in [3.63, 3.8) is 0 Å². The zero-order valence-electron chi connectivity index (χ0n) is 12.1. The third-order valence-electron chi connectivity index (χ3n) is 4.35. The number of hydrogen-bond acceptors (Lipinski definition) is 2. The number of carbonyl (C=O) groups is 2. The van der Waals surface area contributed by atoms with Crippen LogP contribution < -0.4 is 0 Å². The average molecular weight is 286 g/mol. The van der Waals surface area contributed by atoms with E-state index >= 15 is 0 Å². The van der Waals surface area contributed by atoms with E-state index in [-0.39, 0.29) is 5.91 Å². The minimum Gasteiger partial charge on any atom is -0.480 e. The van der Waals surface area contributed by atoms with Gasteiger partial charge in [-0.3, -0.25) is 4.79 Å². The Morgan fingerprint density at radius 3 is 2.81 bits per heavy atom. The molecule has 1 aliphatic heterocycles. The number of H-pyrrole nitrogens is 1. The lowest BCUT2D eigenvalue weighted by atomic mass is 10.1. The van der Waals surface area contributed by atoms with E-state index in [2.05, 4.69) is 4.98 Å². The first kappa shape index (κ1) is 13.7. The molecule has 1 amide bonds. The second-order valence-electron chi connectivity index (χ2n) is 5.63. The molecule has 2 heterocycles. The van der Waals surface area contributed by atoms with Crippen molar-refractivity contribution in [2.45, 2.75) is 32.7 Å². The van der Waals surface area contributed by atoms with Crippen molar-refractivity contribution in [2.75, 3.05) is 6.54 Å². The van der Waals surface area contributed by atoms with E-state index in [1.54, 1.807) is 6.07 Å². The third-order valence-corrected chi connectivity index (χ3v) is 4.35. The molecular weight excluding hydrogens is 268 g/mol. The van der Waals surface area contributed by atoms with Crippen LogP contribution in [0.4, 0.5) is 0 Å². The van der Waals surface area contributed by atoms with Gasteiger partial charge in [0.1, 0.15) is 6.04 Å². The van der Waals surface area contributed by atoms with Crippen LogP contribution in [-0.2, 0) is 4.79 Å². The third kappa shape index (κ3) is 2.18. The summed E-state index contributed by atoms with van der Waals surface area (Å²) in [5.74, 6) is -1.12. The normalized spacial score (nSPS) is 18.4. The van der Waals surface area contributed by atoms with E-state index in [4.69, 9.17) is 0 Å². The Kier molecular flexibility index (Phi) is 3.20. The molecule has 1 aromatic heterocycles. The highest BCUT2D eigenvalue weighted by molar-refractivity contribution is 6.00. The number of likely N-dealkylation sites (tertiary alicyclic amines) is 1. The molecule has 0 bridgehead atoms. The Balaban J connectivity index is 1.98. The highest BCUT2D eigenvalue weighted by Crippen LogP contribution is 2.25. The molecule has 1 atom stereocenters. The maximum Gasteiger partial charge on any atom is 0.326 e. The molecule has 5 heteroatoms. The van der Waals surface area contributed by atoms with E-state index in [0.717, 1.165) is 28.6 Å². The predicted molar refractivity (Wildman–Crippen MR) is 79.5 cm³/mol. The van der Waals surface area contributed by atoms with Gasteiger partial charge in [0.25, 0.3) is 5.91 Å². The number of rotatable bonds is 2. The van der Waals surface area contributed by atoms with Crippen LogP contribution >= 0.6 is 0 Å². The van der Waals surface area contributed by atoms with E-state index in [1.165, 1.54) is 4.90 Å². The minimum absolute atomic E-state index is 0.194. The van der Waals surface area contributed by atoms with Gasteiger partial charge in [-0.2, -0.15) is 0 Å². The molecule has 1 aromatic carbocycles. The van der Waals surface area contributed by atoms with Crippen molar-refractivity contribution in [1.29, 1.82) is 0 Å². The summed E-state index contributed by atoms with van der Waals surface area (Å²) in [6, 6.07) is 4.81. The molecule has 1 saturated heterocycles. The first-order valence-electron chi connectivity index (χ1n) is 7.11. The molecular formula is C16H18N2O3. The van der Waals surface area contributed by atoms with Crippen LogP contribution in [-0.4, -0.2) is 39.5 Å². The molecule has 0 aliphatic carbocycles. The fourth-order valence-corrected chi connectivity index (χ4v) is 3.03. The number of carboxylic acids is 1. The van der Waals surface area contributed by atoms with Gasteiger partial charge in [0, 0.05) is 28.7 Å². The van der Waals surface area contributed by atoms with Crippen LogP contribution in [0.3, 0.4) is 0 Å². The fraction of sp³-hybridized carbons (Fsp3) is 0.375. The van der Waals surface area contributed by atoms with Crippen LogP contribution in [0.15, 0.2) is 18.2 Å². The second kappa shape index (κ2) is 4.91. The van der Waals surface area contributed by atoms with Crippen LogP contribution in [0, 0.1) is 13.8 Å². The Morgan fingerprint density at radius 1 is 1.33 bits per heavy atom. The molecule has 1 unspecified atom stereocenters. The average Bonchev–Trinajstić information content (AvgIpc) is 3.04. The van der Waals surface area contributed by atoms with Gasteiger partial charge in [-0.1, -0.05) is 0 Å². The quantitative estimate of drug-likeness (QED) is 0.890. The highest BCUT2D eigenvalue weighted by Gasteiger charge is 2.34. The number of carboxylic acid groups (broad SMARTS) is 1. The lowest BCUT2D eigenvalue weighted by Crippen LogP contribution is -2.40. The van der Waals surface area contributed by atoms with Crippen LogP contribution in [0.25, 0.3) is 10.9 Å². The maximum absolute atomic E-state index is 12.6. The standard InChI is InChI=1S/C16H18N2O3/c1-9-10(2)17-13-6-5-11(8-12(9)13)15(19)18-7-3-4-14(18)16(20)21/h5-6,8,14,17H,3-4,7H2,1-2H3,(H,20,21). The van der Waals surface area contributed by atoms with Gasteiger partial charge in [0.15, 0.2) is 0 Å². The van der Waals surface area contributed by atoms with E-state index in [9.17, 15) is 14.7 Å². The fourth-order valence-electron chi connectivity index (χ4n) is 3.03. The van der Waals surface area contributed by atoms with Crippen molar-refractivity contribution in [3.05, 3.63) is 35.0 Å². The summed E-state index contributed by atoms with van der Waals surface area (Å²) in [6.07, 6.45) is 1.28. The zero-order chi connectivity index (χ0) is 15.1. The van der Waals surface area contributed by atoms with Crippen LogP contribution in [0.5, 0.6) is 0 Å². The molecule has 110 valence electrons. The van der Waals surface area contributed by atoms with Crippen molar-refractivity contribution in [3.8, 4) is 0 Å². The molecule has 0 saturated carbocycles. The summed E-state index contributed by atoms with van der Waals surface area (Å²) in [6.45, 7) is 4.52. The Hall–Kier alpha value is -2.30. The van der Waals surface area contributed by atoms with E-state index in [0.29, 0.717) is 18.5 Å². The number of carbonyl (C=O) groups excluding carboxylic acids is 1. The number of aromatic nitrogens is 1. The number of amides is 1. The van der Waals surface area contributed by atoms with Gasteiger partial charge in [0.05, 0.1) is 0 Å². The number of aromatic amines is 1. The summed E-state index contributed by atoms with van der Waals surface area (Å²) >= 11 is 0. The number of fused-ring (bicyclic) bond motifs is 1. The van der Waals surface area contributed by atoms with Crippen molar-refractivity contribution >= 4 is 22.8 Å². The maximum atomic E-state index is 12.6. The Bertz CT molecular complexity index is 732. The van der Waals surface area contributed by atoms with Gasteiger partial charge in [-0.15, -0.1) is 0 Å². The molecule has 0 radical (unpaired) electrons. The Morgan fingerprint density at radius 2 is 2.10 bits per heavy atom. The molecule has 1 aliphatic rings. The zero-order valence-corrected chi connectivity index (χ0v) is 12.1. The molecule has 21 heavy (non-hydrogen) atoms. The molecule has 5 nitrogen and oxygen atoms in total. The van der Waals surface area contributed by atoms with Gasteiger partial charge >= 0.3 is 5.97 Å². The second-order valence-corrected chi connectivity index (χ2v) is 5.63. The number of nitrogens with one attached hydrogen (secondary N) is 1. The van der Waals surface area contributed by atoms with Gasteiger partial charge in [-0.25, -0.2) is 4.79 Å². The number of hydrogen-bond donors (Lipinski definition) is 2. The van der Waals surface area contributed by atoms with Crippen molar-refractivity contribution in [1.82, 2.24) is 9.88 Å². The number of benzene rings is 1. The van der Waals surface area contributed by atoms with Gasteiger partial charge in [-0.05, 0) is 50.5 Å². The first-order valence-corrected chi connectivity index (χ1v) is 7.11. The van der Waals surface area contributed by atoms with Crippen LogP contribution in [0.1, 0.15) is 34.5 Å². The monoisotopic (exact) mass is 286 g/mol. The Labute approximate surface area is 122 Å². The molecule has 1 fully saturated rings. The summed E-state index contributed by atoms with van der Waals surface area (Å²) in [7, 11) is 0. The first-order chi connectivity index (χ1) is 9.99. The lowest BCUT2D eigenvalue weighted by molar-refractivity contribution is -0.141. The van der Waals surface area contributed by atoms with Crippen molar-refractivity contribution < 1.29 is 14.7 Å². The molecule has 3 rings (SSSR count). The van der Waals surface area contributed by atoms with E-state index < -0.39 is 12.0 Å². The molecule has 0 spiro atoms. The number of aliphatic carboxylic acids is 1. The highest BCUT2D eigenvalue weighted by atomic mass is 16.4. The summed E-state index contributed by atoms with van der Waals surface area (Å²) < 4.78 is 0. The van der Waals surface area contributed by atoms with Crippen LogP contribution in [0.2, 0.25) is 0 Å². The SMILES string of the molecule is Cc1[nH]c2ccc(C(=O)N3CCCC3C(=O)O)cc2c1C. The topological polar surface area (TPSA) is 73.4 Å². The van der Waals surface area contributed by atoms with Gasteiger partial charge < -0.3 is 15.0 Å². The number of nitrogens with zero attached hydrogens (tertiary/aromatic N) is 1. The van der Waals surface area contributed by atoms with Gasteiger partial charge in [0.2, 0.25) is 0 Å². The summed E-state index contributed by atoms with van der Waals surface area (Å²) in [4.78, 5) is 28.5. The molecule has 2 N–H and O–H groups in total. The van der Waals surface area contributed by atoms with Crippen molar-refractivity contribution in [2.24, 2.45) is 0 Å². The minimum atomic E-state index is -0.921.